The van der Waals surface area contributed by atoms with Crippen molar-refractivity contribution >= 4 is 81.1 Å². The van der Waals surface area contributed by atoms with Gasteiger partial charge in [-0.2, -0.15) is 10.4 Å². The van der Waals surface area contributed by atoms with E-state index in [1.807, 2.05) is 85.8 Å². The van der Waals surface area contributed by atoms with E-state index in [9.17, 15) is 10.1 Å². The predicted molar refractivity (Wildman–Crippen MR) is 202 cm³/mol. The molecule has 1 aliphatic heterocycles. The van der Waals surface area contributed by atoms with Crippen LogP contribution in [0.3, 0.4) is 0 Å². The standard InChI is InChI=1S/C39H28Cl3N5OS/c1-23-28(35(42)47(45-23)27-12-8-5-9-13-27)16-14-25-18-29-30(22-43)38(49-34(29)39(2,3)21-25)46-36(26-10-6-4-7-11-26)44-33(37(46)48)20-24-15-17-31(40)32(41)19-24/h4-20H,21H2,1-3H3/b16-14-,33-20+. The lowest BCUT2D eigenvalue weighted by molar-refractivity contribution is -0.113. The minimum Gasteiger partial charge on any atom is -0.266 e. The average molecular weight is 721 g/mol. The van der Waals surface area contributed by atoms with Crippen LogP contribution in [-0.4, -0.2) is 21.5 Å². The van der Waals surface area contributed by atoms with Crippen LogP contribution in [0.4, 0.5) is 5.00 Å². The summed E-state index contributed by atoms with van der Waals surface area (Å²) in [5, 5.41) is 17.2. The Balaban J connectivity index is 1.30. The highest BCUT2D eigenvalue weighted by atomic mass is 35.5. The van der Waals surface area contributed by atoms with Gasteiger partial charge in [0.2, 0.25) is 0 Å². The zero-order valence-electron chi connectivity index (χ0n) is 26.7. The first kappa shape index (κ1) is 32.8. The molecule has 0 unspecified atom stereocenters. The van der Waals surface area contributed by atoms with Crippen LogP contribution in [0, 0.1) is 18.3 Å². The Bertz CT molecular complexity index is 2310. The maximum absolute atomic E-state index is 14.2. The van der Waals surface area contributed by atoms with E-state index >= 15 is 0 Å². The summed E-state index contributed by atoms with van der Waals surface area (Å²) in [6.45, 7) is 6.26. The molecule has 7 rings (SSSR count). The van der Waals surface area contributed by atoms with Gasteiger partial charge in [-0.25, -0.2) is 14.6 Å². The first-order chi connectivity index (χ1) is 23.6. The highest BCUT2D eigenvalue weighted by Gasteiger charge is 2.40. The SMILES string of the molecule is Cc1nn(-c2ccccc2)c(Cl)c1/C=C\C1=Cc2c(sc(N3C(=O)/C(=C\c4ccc(Cl)c(Cl)c4)N=C3c3ccccc3)c2C#N)C(C)(C)C1. The summed E-state index contributed by atoms with van der Waals surface area (Å²) >= 11 is 20.7. The van der Waals surface area contributed by atoms with Gasteiger partial charge in [0, 0.05) is 27.0 Å². The Hall–Kier alpha value is -4.71. The van der Waals surface area contributed by atoms with Crippen LogP contribution in [0.1, 0.15) is 58.7 Å². The maximum atomic E-state index is 14.2. The van der Waals surface area contributed by atoms with Crippen molar-refractivity contribution in [3.63, 3.8) is 0 Å². The molecule has 0 radical (unpaired) electrons. The van der Waals surface area contributed by atoms with Gasteiger partial charge in [-0.15, -0.1) is 11.3 Å². The summed E-state index contributed by atoms with van der Waals surface area (Å²) in [7, 11) is 0. The van der Waals surface area contributed by atoms with Crippen molar-refractivity contribution in [1.82, 2.24) is 9.78 Å². The van der Waals surface area contributed by atoms with Gasteiger partial charge < -0.3 is 0 Å². The average Bonchev–Trinajstić information content (AvgIpc) is 3.72. The largest absolute Gasteiger partial charge is 0.283 e. The summed E-state index contributed by atoms with van der Waals surface area (Å²) in [6, 6.07) is 26.9. The van der Waals surface area contributed by atoms with Gasteiger partial charge in [0.1, 0.15) is 27.8 Å². The molecule has 49 heavy (non-hydrogen) atoms. The van der Waals surface area contributed by atoms with E-state index in [-0.39, 0.29) is 17.0 Å². The molecule has 0 saturated carbocycles. The highest BCUT2D eigenvalue weighted by molar-refractivity contribution is 7.17. The number of allylic oxidation sites excluding steroid dienone is 2. The molecule has 5 aromatic rings. The summed E-state index contributed by atoms with van der Waals surface area (Å²) in [4.78, 5) is 21.6. The number of hydrogen-bond donors (Lipinski definition) is 0. The van der Waals surface area contributed by atoms with E-state index in [1.54, 1.807) is 33.9 Å². The summed E-state index contributed by atoms with van der Waals surface area (Å²) in [5.41, 5.74) is 6.14. The topological polar surface area (TPSA) is 74.3 Å². The molecule has 10 heteroatoms. The van der Waals surface area contributed by atoms with Crippen molar-refractivity contribution in [2.45, 2.75) is 32.6 Å². The number of rotatable bonds is 6. The van der Waals surface area contributed by atoms with Gasteiger partial charge in [0.05, 0.1) is 27.0 Å². The lowest BCUT2D eigenvalue weighted by atomic mass is 9.77. The van der Waals surface area contributed by atoms with E-state index in [1.165, 1.54) is 11.3 Å². The molecule has 0 bridgehead atoms. The summed E-state index contributed by atoms with van der Waals surface area (Å²) in [5.74, 6) is 0.122. The van der Waals surface area contributed by atoms with E-state index < -0.39 is 0 Å². The number of nitriles is 1. The van der Waals surface area contributed by atoms with Crippen molar-refractivity contribution in [3.05, 3.63) is 150 Å². The first-order valence-corrected chi connectivity index (χ1v) is 17.4. The number of aryl methyl sites for hydroxylation is 1. The minimum atomic E-state index is -0.331. The van der Waals surface area contributed by atoms with Gasteiger partial charge >= 0.3 is 0 Å². The van der Waals surface area contributed by atoms with E-state index in [4.69, 9.17) is 39.8 Å². The zero-order chi connectivity index (χ0) is 34.4. The molecular weight excluding hydrogens is 693 g/mol. The quantitative estimate of drug-likeness (QED) is 0.164. The second kappa shape index (κ2) is 13.0. The highest BCUT2D eigenvalue weighted by Crippen LogP contribution is 2.50. The Morgan fingerprint density at radius 2 is 1.67 bits per heavy atom. The molecule has 2 aromatic heterocycles. The Morgan fingerprint density at radius 3 is 2.37 bits per heavy atom. The fourth-order valence-corrected chi connectivity index (χ4v) is 8.12. The number of hydrogen-bond acceptors (Lipinski definition) is 5. The predicted octanol–water partition coefficient (Wildman–Crippen LogP) is 10.7. The molecule has 0 atom stereocenters. The molecular formula is C39H28Cl3N5OS. The smallest absolute Gasteiger partial charge is 0.266 e. The molecule has 0 fully saturated rings. The third-order valence-electron chi connectivity index (χ3n) is 8.48. The van der Waals surface area contributed by atoms with Gasteiger partial charge in [-0.1, -0.05) is 109 Å². The third kappa shape index (κ3) is 6.07. The monoisotopic (exact) mass is 719 g/mol. The number of fused-ring (bicyclic) bond motifs is 1. The maximum Gasteiger partial charge on any atom is 0.283 e. The fourth-order valence-electron chi connectivity index (χ4n) is 6.15. The van der Waals surface area contributed by atoms with Crippen LogP contribution in [0.15, 0.2) is 101 Å². The van der Waals surface area contributed by atoms with Gasteiger partial charge in [0.25, 0.3) is 5.91 Å². The number of amides is 1. The molecule has 2 aliphatic rings. The molecule has 1 amide bonds. The number of amidine groups is 1. The van der Waals surface area contributed by atoms with Crippen LogP contribution in [0.25, 0.3) is 23.9 Å². The lowest BCUT2D eigenvalue weighted by Crippen LogP contribution is -2.32. The molecule has 242 valence electrons. The number of nitrogens with zero attached hydrogens (tertiary/aromatic N) is 5. The Morgan fingerprint density at radius 1 is 0.959 bits per heavy atom. The lowest BCUT2D eigenvalue weighted by Gasteiger charge is -2.29. The number of thiophene rings is 1. The molecule has 0 spiro atoms. The number of para-hydroxylation sites is 1. The van der Waals surface area contributed by atoms with Gasteiger partial charge in [0.15, 0.2) is 0 Å². The molecule has 0 saturated heterocycles. The minimum absolute atomic E-state index is 0.231. The van der Waals surface area contributed by atoms with Crippen LogP contribution < -0.4 is 4.90 Å². The normalized spacial score (nSPS) is 16.2. The number of carbonyl (C=O) groups is 1. The van der Waals surface area contributed by atoms with Crippen molar-refractivity contribution in [3.8, 4) is 11.8 Å². The first-order valence-electron chi connectivity index (χ1n) is 15.5. The van der Waals surface area contributed by atoms with Crippen molar-refractivity contribution in [1.29, 1.82) is 5.26 Å². The molecule has 1 aliphatic carbocycles. The third-order valence-corrected chi connectivity index (χ3v) is 11.1. The van der Waals surface area contributed by atoms with Crippen LogP contribution in [0.2, 0.25) is 15.2 Å². The molecule has 0 N–H and O–H groups in total. The fraction of sp³-hybridized carbons (Fsp3) is 0.128. The summed E-state index contributed by atoms with van der Waals surface area (Å²) < 4.78 is 1.73. The van der Waals surface area contributed by atoms with Crippen molar-refractivity contribution < 1.29 is 4.79 Å². The number of aliphatic imine (C=N–C) groups is 1. The van der Waals surface area contributed by atoms with Crippen molar-refractivity contribution in [2.24, 2.45) is 4.99 Å². The molecule has 3 heterocycles. The van der Waals surface area contributed by atoms with Gasteiger partial charge in [-0.3, -0.25) is 4.79 Å². The second-order valence-corrected chi connectivity index (χ2v) is 14.6. The van der Waals surface area contributed by atoms with E-state index in [0.717, 1.165) is 44.9 Å². The van der Waals surface area contributed by atoms with E-state index in [2.05, 4.69) is 25.0 Å². The van der Waals surface area contributed by atoms with Gasteiger partial charge in [-0.05, 0) is 67.0 Å². The van der Waals surface area contributed by atoms with E-state index in [0.29, 0.717) is 37.2 Å². The second-order valence-electron chi connectivity index (χ2n) is 12.4. The summed E-state index contributed by atoms with van der Waals surface area (Å²) in [6.07, 6.45) is 8.49. The number of halogens is 3. The Labute approximate surface area is 303 Å². The van der Waals surface area contributed by atoms with Crippen LogP contribution >= 0.6 is 46.1 Å². The number of carbonyl (C=O) groups excluding carboxylic acids is 1. The Kier molecular flexibility index (Phi) is 8.68. The van der Waals surface area contributed by atoms with Crippen LogP contribution in [0.5, 0.6) is 0 Å². The van der Waals surface area contributed by atoms with Crippen molar-refractivity contribution in [2.75, 3.05) is 4.90 Å². The van der Waals surface area contributed by atoms with Crippen LogP contribution in [-0.2, 0) is 10.2 Å². The molecule has 3 aromatic carbocycles. The number of aromatic nitrogens is 2. The number of benzene rings is 3. The number of anilines is 1. The molecule has 6 nitrogen and oxygen atoms in total. The zero-order valence-corrected chi connectivity index (χ0v) is 29.8.